The van der Waals surface area contributed by atoms with Gasteiger partial charge in [-0.15, -0.1) is 0 Å². The van der Waals surface area contributed by atoms with E-state index in [4.69, 9.17) is 0 Å². The van der Waals surface area contributed by atoms with Crippen molar-refractivity contribution >= 4 is 23.3 Å². The van der Waals surface area contributed by atoms with Crippen LogP contribution in [0.25, 0.3) is 0 Å². The summed E-state index contributed by atoms with van der Waals surface area (Å²) in [5.74, 6) is -1.51. The Labute approximate surface area is 152 Å². The number of phenolic OH excluding ortho intramolecular Hbond substituents is 1. The Morgan fingerprint density at radius 2 is 1.77 bits per heavy atom. The Morgan fingerprint density at radius 3 is 2.46 bits per heavy atom. The Bertz CT molecular complexity index is 764. The number of anilines is 2. The van der Waals surface area contributed by atoms with Crippen LogP contribution < -0.4 is 16.0 Å². The third-order valence-electron chi connectivity index (χ3n) is 3.68. The van der Waals surface area contributed by atoms with E-state index in [1.165, 1.54) is 12.1 Å². The molecule has 26 heavy (non-hydrogen) atoms. The highest BCUT2D eigenvalue weighted by Crippen LogP contribution is 2.15. The van der Waals surface area contributed by atoms with Gasteiger partial charge in [0.2, 0.25) is 5.91 Å². The van der Waals surface area contributed by atoms with Gasteiger partial charge in [0, 0.05) is 30.5 Å². The zero-order chi connectivity index (χ0) is 18.9. The molecule has 0 bridgehead atoms. The molecule has 0 aromatic heterocycles. The van der Waals surface area contributed by atoms with E-state index >= 15 is 0 Å². The number of rotatable bonds is 9. The van der Waals surface area contributed by atoms with Gasteiger partial charge in [0.25, 0.3) is 0 Å². The number of hydrogen-bond acceptors (Lipinski definition) is 5. The molecule has 0 unspecified atom stereocenters. The fourth-order valence-corrected chi connectivity index (χ4v) is 2.44. The minimum absolute atomic E-state index is 0.0259. The monoisotopic (exact) mass is 357 g/mol. The summed E-state index contributed by atoms with van der Waals surface area (Å²) in [6.45, 7) is 2.92. The van der Waals surface area contributed by atoms with Crippen LogP contribution in [0.3, 0.4) is 0 Å². The molecule has 2 aromatic carbocycles. The van der Waals surface area contributed by atoms with Gasteiger partial charge >= 0.3 is 5.97 Å². The van der Waals surface area contributed by atoms with Crippen molar-refractivity contribution in [2.75, 3.05) is 23.7 Å². The number of benzene rings is 2. The van der Waals surface area contributed by atoms with Gasteiger partial charge in [-0.05, 0) is 36.8 Å². The first kappa shape index (κ1) is 19.3. The Kier molecular flexibility index (Phi) is 6.99. The lowest BCUT2D eigenvalue weighted by atomic mass is 10.2. The maximum Gasteiger partial charge on any atom is 0.321 e. The highest BCUT2D eigenvalue weighted by Gasteiger charge is 2.20. The first-order chi connectivity index (χ1) is 12.4. The first-order valence-electron chi connectivity index (χ1n) is 8.29. The predicted octanol–water partition coefficient (Wildman–Crippen LogP) is 2.18. The molecule has 2 rings (SSSR count). The molecular formula is C19H23N3O4. The van der Waals surface area contributed by atoms with E-state index in [0.717, 1.165) is 11.3 Å². The molecule has 1 amide bonds. The molecular weight excluding hydrogens is 334 g/mol. The normalized spacial score (nSPS) is 11.6. The summed E-state index contributed by atoms with van der Waals surface area (Å²) in [7, 11) is 0. The number of aryl methyl sites for hydroxylation is 1. The molecule has 138 valence electrons. The van der Waals surface area contributed by atoms with Crippen molar-refractivity contribution in [3.05, 3.63) is 54.1 Å². The maximum atomic E-state index is 12.0. The molecule has 0 heterocycles. The lowest BCUT2D eigenvalue weighted by molar-refractivity contribution is -0.141. The van der Waals surface area contributed by atoms with Crippen LogP contribution in [0.5, 0.6) is 5.75 Å². The van der Waals surface area contributed by atoms with Gasteiger partial charge in [0.15, 0.2) is 0 Å². The number of carboxylic acid groups (broad SMARTS) is 1. The van der Waals surface area contributed by atoms with Gasteiger partial charge < -0.3 is 26.2 Å². The summed E-state index contributed by atoms with van der Waals surface area (Å²) in [5.41, 5.74) is 2.51. The molecule has 2 aromatic rings. The average molecular weight is 357 g/mol. The molecule has 0 spiro atoms. The fourth-order valence-electron chi connectivity index (χ4n) is 2.44. The molecule has 5 N–H and O–H groups in total. The lowest BCUT2D eigenvalue weighted by Crippen LogP contribution is -2.41. The third kappa shape index (κ3) is 6.45. The number of carbonyl (C=O) groups is 2. The molecule has 7 nitrogen and oxygen atoms in total. The molecule has 0 aliphatic heterocycles. The molecule has 7 heteroatoms. The van der Waals surface area contributed by atoms with E-state index in [0.29, 0.717) is 18.8 Å². The minimum atomic E-state index is -1.09. The van der Waals surface area contributed by atoms with Gasteiger partial charge in [-0.3, -0.25) is 9.59 Å². The molecule has 0 aliphatic rings. The number of nitrogens with one attached hydrogen (secondary N) is 3. The SMILES string of the molecule is Cc1cccc(NCCN[C@H](CC(=O)Nc2cccc(O)c2)C(=O)O)c1. The van der Waals surface area contributed by atoms with Crippen molar-refractivity contribution in [2.45, 2.75) is 19.4 Å². The Hall–Kier alpha value is -3.06. The number of carbonyl (C=O) groups excluding carboxylic acids is 1. The fraction of sp³-hybridized carbons (Fsp3) is 0.263. The lowest BCUT2D eigenvalue weighted by Gasteiger charge is -2.15. The molecule has 0 saturated carbocycles. The van der Waals surface area contributed by atoms with Crippen LogP contribution in [0.2, 0.25) is 0 Å². The van der Waals surface area contributed by atoms with Crippen molar-refractivity contribution in [2.24, 2.45) is 0 Å². The number of hydrogen-bond donors (Lipinski definition) is 5. The van der Waals surface area contributed by atoms with Gasteiger partial charge in [-0.25, -0.2) is 0 Å². The highest BCUT2D eigenvalue weighted by molar-refractivity contribution is 5.94. The highest BCUT2D eigenvalue weighted by atomic mass is 16.4. The van der Waals surface area contributed by atoms with Gasteiger partial charge in [-0.2, -0.15) is 0 Å². The molecule has 0 aliphatic carbocycles. The second-order valence-corrected chi connectivity index (χ2v) is 5.94. The average Bonchev–Trinajstić information content (AvgIpc) is 2.57. The smallest absolute Gasteiger partial charge is 0.321 e. The summed E-state index contributed by atoms with van der Waals surface area (Å²) >= 11 is 0. The van der Waals surface area contributed by atoms with E-state index in [1.54, 1.807) is 12.1 Å². The second kappa shape index (κ2) is 9.43. The summed E-state index contributed by atoms with van der Waals surface area (Å²) in [5, 5.41) is 27.3. The first-order valence-corrected chi connectivity index (χ1v) is 8.29. The summed E-state index contributed by atoms with van der Waals surface area (Å²) in [4.78, 5) is 23.4. The van der Waals surface area contributed by atoms with Gasteiger partial charge in [0.1, 0.15) is 11.8 Å². The number of aromatic hydroxyl groups is 1. The summed E-state index contributed by atoms with van der Waals surface area (Å²) < 4.78 is 0. The van der Waals surface area contributed by atoms with Crippen molar-refractivity contribution in [1.29, 1.82) is 0 Å². The quantitative estimate of drug-likeness (QED) is 0.440. The van der Waals surface area contributed by atoms with E-state index in [1.807, 2.05) is 31.2 Å². The predicted molar refractivity (Wildman–Crippen MR) is 100 cm³/mol. The Balaban J connectivity index is 1.78. The molecule has 0 saturated heterocycles. The summed E-state index contributed by atoms with van der Waals surface area (Å²) in [6, 6.07) is 13.0. The van der Waals surface area contributed by atoms with Crippen LogP contribution in [0.1, 0.15) is 12.0 Å². The van der Waals surface area contributed by atoms with Crippen molar-refractivity contribution in [1.82, 2.24) is 5.32 Å². The van der Waals surface area contributed by atoms with Crippen molar-refractivity contribution in [3.8, 4) is 5.75 Å². The number of carboxylic acids is 1. The molecule has 1 atom stereocenters. The molecule has 0 radical (unpaired) electrons. The van der Waals surface area contributed by atoms with Crippen molar-refractivity contribution in [3.63, 3.8) is 0 Å². The zero-order valence-corrected chi connectivity index (χ0v) is 14.5. The minimum Gasteiger partial charge on any atom is -0.508 e. The molecule has 0 fully saturated rings. The zero-order valence-electron chi connectivity index (χ0n) is 14.5. The van der Waals surface area contributed by atoms with Crippen LogP contribution in [0, 0.1) is 6.92 Å². The maximum absolute atomic E-state index is 12.0. The third-order valence-corrected chi connectivity index (χ3v) is 3.68. The van der Waals surface area contributed by atoms with E-state index in [9.17, 15) is 19.8 Å². The van der Waals surface area contributed by atoms with Gasteiger partial charge in [0.05, 0.1) is 6.42 Å². The van der Waals surface area contributed by atoms with Crippen LogP contribution >= 0.6 is 0 Å². The van der Waals surface area contributed by atoms with E-state index in [-0.39, 0.29) is 12.2 Å². The standard InChI is InChI=1S/C19H23N3O4/c1-13-4-2-5-14(10-13)20-8-9-21-17(19(25)26)12-18(24)22-15-6-3-7-16(23)11-15/h2-7,10-11,17,20-21,23H,8-9,12H2,1H3,(H,22,24)(H,25,26)/t17-/m1/s1. The van der Waals surface area contributed by atoms with Crippen LogP contribution in [-0.4, -0.2) is 41.2 Å². The number of aliphatic carboxylic acids is 1. The number of amides is 1. The van der Waals surface area contributed by atoms with Crippen LogP contribution in [0.4, 0.5) is 11.4 Å². The van der Waals surface area contributed by atoms with E-state index in [2.05, 4.69) is 16.0 Å². The Morgan fingerprint density at radius 1 is 1.04 bits per heavy atom. The van der Waals surface area contributed by atoms with Gasteiger partial charge in [-0.1, -0.05) is 18.2 Å². The number of phenols is 1. The van der Waals surface area contributed by atoms with E-state index < -0.39 is 17.9 Å². The largest absolute Gasteiger partial charge is 0.508 e. The second-order valence-electron chi connectivity index (χ2n) is 5.94. The topological polar surface area (TPSA) is 111 Å². The van der Waals surface area contributed by atoms with Crippen LogP contribution in [0.15, 0.2) is 48.5 Å². The summed E-state index contributed by atoms with van der Waals surface area (Å²) in [6.07, 6.45) is -0.213. The van der Waals surface area contributed by atoms with Crippen molar-refractivity contribution < 1.29 is 19.8 Å². The van der Waals surface area contributed by atoms with Crippen LogP contribution in [-0.2, 0) is 9.59 Å².